The van der Waals surface area contributed by atoms with Crippen molar-refractivity contribution in [3.63, 3.8) is 0 Å². The van der Waals surface area contributed by atoms with Gasteiger partial charge in [0.1, 0.15) is 0 Å². The summed E-state index contributed by atoms with van der Waals surface area (Å²) in [5.41, 5.74) is 2.83. The second kappa shape index (κ2) is 9.65. The molecule has 0 heterocycles. The van der Waals surface area contributed by atoms with Crippen LogP contribution in [0.3, 0.4) is 0 Å². The molecular formula is C25H23NO4. The lowest BCUT2D eigenvalue weighted by Crippen LogP contribution is -2.35. The van der Waals surface area contributed by atoms with E-state index in [1.165, 1.54) is 13.0 Å². The number of benzene rings is 3. The normalized spacial score (nSPS) is 11.4. The van der Waals surface area contributed by atoms with E-state index in [1.807, 2.05) is 49.4 Å². The topological polar surface area (TPSA) is 72.5 Å². The molecule has 0 unspecified atom stereocenters. The number of nitrogens with one attached hydrogen (secondary N) is 1. The van der Waals surface area contributed by atoms with Gasteiger partial charge in [0.05, 0.1) is 5.56 Å². The Morgan fingerprint density at radius 2 is 1.43 bits per heavy atom. The average Bonchev–Trinajstić information content (AvgIpc) is 2.78. The minimum absolute atomic E-state index is 0.130. The standard InChI is InChI=1S/C25H23NO4/c1-17-12-14-20(15-13-17)23(27)21-10-6-7-11-22(21)25(29)30-18(2)24(28)26-16-19-8-4-3-5-9-19/h3-15,18H,16H2,1-2H3,(H,26,28)/t18-/m1/s1. The predicted octanol–water partition coefficient (Wildman–Crippen LogP) is 4.09. The Bertz CT molecular complexity index is 1040. The van der Waals surface area contributed by atoms with Crippen molar-refractivity contribution in [2.24, 2.45) is 0 Å². The molecule has 1 atom stereocenters. The van der Waals surface area contributed by atoms with Gasteiger partial charge in [0.2, 0.25) is 0 Å². The molecule has 152 valence electrons. The highest BCUT2D eigenvalue weighted by molar-refractivity contribution is 6.14. The number of carbonyl (C=O) groups is 3. The van der Waals surface area contributed by atoms with Crippen LogP contribution in [0.25, 0.3) is 0 Å². The van der Waals surface area contributed by atoms with E-state index in [9.17, 15) is 14.4 Å². The summed E-state index contributed by atoms with van der Waals surface area (Å²) < 4.78 is 5.33. The SMILES string of the molecule is Cc1ccc(C(=O)c2ccccc2C(=O)O[C@H](C)C(=O)NCc2ccccc2)cc1. The van der Waals surface area contributed by atoms with E-state index in [1.54, 1.807) is 30.3 Å². The van der Waals surface area contributed by atoms with Crippen LogP contribution in [0.15, 0.2) is 78.9 Å². The number of ketones is 1. The van der Waals surface area contributed by atoms with Crippen molar-refractivity contribution in [2.75, 3.05) is 0 Å². The summed E-state index contributed by atoms with van der Waals surface area (Å²) >= 11 is 0. The highest BCUT2D eigenvalue weighted by Crippen LogP contribution is 2.17. The number of amides is 1. The maximum absolute atomic E-state index is 12.9. The first-order valence-electron chi connectivity index (χ1n) is 9.68. The third-order valence-electron chi connectivity index (χ3n) is 4.67. The number of ether oxygens (including phenoxy) is 1. The zero-order chi connectivity index (χ0) is 21.5. The summed E-state index contributed by atoms with van der Waals surface area (Å²) in [5.74, 6) is -1.40. The summed E-state index contributed by atoms with van der Waals surface area (Å²) in [4.78, 5) is 37.9. The van der Waals surface area contributed by atoms with Gasteiger partial charge in [-0.25, -0.2) is 4.79 Å². The number of esters is 1. The van der Waals surface area contributed by atoms with Crippen LogP contribution in [-0.2, 0) is 16.1 Å². The van der Waals surface area contributed by atoms with Crippen LogP contribution in [0.1, 0.15) is 44.3 Å². The molecule has 5 nitrogen and oxygen atoms in total. The lowest BCUT2D eigenvalue weighted by atomic mass is 9.98. The monoisotopic (exact) mass is 401 g/mol. The Labute approximate surface area is 175 Å². The van der Waals surface area contributed by atoms with Gasteiger partial charge >= 0.3 is 5.97 Å². The summed E-state index contributed by atoms with van der Waals surface area (Å²) in [5, 5.41) is 2.74. The van der Waals surface area contributed by atoms with E-state index in [0.717, 1.165) is 11.1 Å². The Balaban J connectivity index is 1.68. The van der Waals surface area contributed by atoms with Gasteiger partial charge in [-0.1, -0.05) is 78.4 Å². The zero-order valence-corrected chi connectivity index (χ0v) is 16.9. The molecule has 3 aromatic carbocycles. The molecule has 0 bridgehead atoms. The van der Waals surface area contributed by atoms with Gasteiger partial charge in [-0.05, 0) is 25.5 Å². The van der Waals surface area contributed by atoms with E-state index in [-0.39, 0.29) is 16.9 Å². The van der Waals surface area contributed by atoms with Crippen molar-refractivity contribution in [3.8, 4) is 0 Å². The fraction of sp³-hybridized carbons (Fsp3) is 0.160. The maximum Gasteiger partial charge on any atom is 0.339 e. The third kappa shape index (κ3) is 5.20. The van der Waals surface area contributed by atoms with E-state index in [0.29, 0.717) is 12.1 Å². The first-order chi connectivity index (χ1) is 14.5. The highest BCUT2D eigenvalue weighted by atomic mass is 16.5. The van der Waals surface area contributed by atoms with Crippen molar-refractivity contribution >= 4 is 17.7 Å². The van der Waals surface area contributed by atoms with Crippen molar-refractivity contribution in [3.05, 3.63) is 107 Å². The van der Waals surface area contributed by atoms with Gasteiger partial charge in [-0.15, -0.1) is 0 Å². The van der Waals surface area contributed by atoms with Gasteiger partial charge in [-0.2, -0.15) is 0 Å². The van der Waals surface area contributed by atoms with Gasteiger partial charge in [0.15, 0.2) is 11.9 Å². The lowest BCUT2D eigenvalue weighted by molar-refractivity contribution is -0.129. The first-order valence-corrected chi connectivity index (χ1v) is 9.68. The smallest absolute Gasteiger partial charge is 0.339 e. The Morgan fingerprint density at radius 3 is 2.10 bits per heavy atom. The van der Waals surface area contributed by atoms with E-state index in [4.69, 9.17) is 4.74 Å². The summed E-state index contributed by atoms with van der Waals surface area (Å²) in [6.45, 7) is 3.77. The molecule has 30 heavy (non-hydrogen) atoms. The highest BCUT2D eigenvalue weighted by Gasteiger charge is 2.23. The Hall–Kier alpha value is -3.73. The minimum atomic E-state index is -0.997. The number of hydrogen-bond acceptors (Lipinski definition) is 4. The Kier molecular flexibility index (Phi) is 6.75. The molecule has 3 rings (SSSR count). The molecule has 0 aliphatic heterocycles. The maximum atomic E-state index is 12.9. The van der Waals surface area contributed by atoms with Crippen LogP contribution in [0.5, 0.6) is 0 Å². The minimum Gasteiger partial charge on any atom is -0.449 e. The van der Waals surface area contributed by atoms with Crippen LogP contribution in [0.4, 0.5) is 0 Å². The second-order valence-electron chi connectivity index (χ2n) is 6.99. The second-order valence-corrected chi connectivity index (χ2v) is 6.99. The van der Waals surface area contributed by atoms with Crippen LogP contribution >= 0.6 is 0 Å². The third-order valence-corrected chi connectivity index (χ3v) is 4.67. The number of carbonyl (C=O) groups excluding carboxylic acids is 3. The van der Waals surface area contributed by atoms with Gasteiger partial charge in [0.25, 0.3) is 5.91 Å². The van der Waals surface area contributed by atoms with E-state index >= 15 is 0 Å². The largest absolute Gasteiger partial charge is 0.449 e. The van der Waals surface area contributed by atoms with E-state index in [2.05, 4.69) is 5.32 Å². The number of rotatable bonds is 7. The molecule has 1 N–H and O–H groups in total. The summed E-state index contributed by atoms with van der Waals surface area (Å²) in [6.07, 6.45) is -0.997. The number of aryl methyl sites for hydroxylation is 1. The first kappa shape index (κ1) is 21.0. The number of hydrogen-bond donors (Lipinski definition) is 1. The Morgan fingerprint density at radius 1 is 0.833 bits per heavy atom. The van der Waals surface area contributed by atoms with Crippen molar-refractivity contribution in [1.82, 2.24) is 5.32 Å². The van der Waals surface area contributed by atoms with Crippen molar-refractivity contribution < 1.29 is 19.1 Å². The molecule has 0 fully saturated rings. The molecule has 0 aliphatic rings. The quantitative estimate of drug-likeness (QED) is 0.478. The van der Waals surface area contributed by atoms with Crippen LogP contribution < -0.4 is 5.32 Å². The molecule has 0 aliphatic carbocycles. The lowest BCUT2D eigenvalue weighted by Gasteiger charge is -2.15. The molecule has 0 spiro atoms. The molecule has 1 amide bonds. The van der Waals surface area contributed by atoms with Crippen molar-refractivity contribution in [1.29, 1.82) is 0 Å². The zero-order valence-electron chi connectivity index (χ0n) is 16.9. The fourth-order valence-corrected chi connectivity index (χ4v) is 2.93. The summed E-state index contributed by atoms with van der Waals surface area (Å²) in [7, 11) is 0. The molecule has 3 aromatic rings. The van der Waals surface area contributed by atoms with E-state index < -0.39 is 18.0 Å². The summed E-state index contributed by atoms with van der Waals surface area (Å²) in [6, 6.07) is 23.0. The molecule has 5 heteroatoms. The molecule has 0 radical (unpaired) electrons. The molecular weight excluding hydrogens is 378 g/mol. The van der Waals surface area contributed by atoms with Gasteiger partial charge < -0.3 is 10.1 Å². The molecule has 0 saturated heterocycles. The van der Waals surface area contributed by atoms with Gasteiger partial charge in [-0.3, -0.25) is 9.59 Å². The van der Waals surface area contributed by atoms with Crippen LogP contribution in [0.2, 0.25) is 0 Å². The average molecular weight is 401 g/mol. The molecule has 0 saturated carbocycles. The van der Waals surface area contributed by atoms with Crippen molar-refractivity contribution in [2.45, 2.75) is 26.5 Å². The van der Waals surface area contributed by atoms with Gasteiger partial charge in [0, 0.05) is 17.7 Å². The molecule has 0 aromatic heterocycles. The predicted molar refractivity (Wildman–Crippen MR) is 114 cm³/mol. The van der Waals surface area contributed by atoms with Crippen LogP contribution in [0, 0.1) is 6.92 Å². The fourth-order valence-electron chi connectivity index (χ4n) is 2.93. The van der Waals surface area contributed by atoms with Crippen LogP contribution in [-0.4, -0.2) is 23.8 Å².